The van der Waals surface area contributed by atoms with E-state index < -0.39 is 10.0 Å². The third-order valence-electron chi connectivity index (χ3n) is 3.83. The van der Waals surface area contributed by atoms with Crippen molar-refractivity contribution in [3.8, 4) is 0 Å². The predicted molar refractivity (Wildman–Crippen MR) is 84.6 cm³/mol. The molecule has 0 spiro atoms. The summed E-state index contributed by atoms with van der Waals surface area (Å²) in [5.74, 6) is 0.603. The number of hydrogen-bond donors (Lipinski definition) is 1. The lowest BCUT2D eigenvalue weighted by atomic mass is 10.1. The van der Waals surface area contributed by atoms with Crippen LogP contribution >= 0.6 is 15.9 Å². The summed E-state index contributed by atoms with van der Waals surface area (Å²) in [5, 5.41) is 2.95. The van der Waals surface area contributed by atoms with Gasteiger partial charge in [-0.1, -0.05) is 0 Å². The second-order valence-electron chi connectivity index (χ2n) is 5.48. The molecule has 2 rings (SSSR count). The van der Waals surface area contributed by atoms with E-state index in [-0.39, 0.29) is 9.56 Å². The summed E-state index contributed by atoms with van der Waals surface area (Å²) in [6.07, 6.45) is 1.70. The highest BCUT2D eigenvalue weighted by molar-refractivity contribution is 9.10. The molecule has 8 heteroatoms. The highest BCUT2D eigenvalue weighted by Gasteiger charge is 2.33. The van der Waals surface area contributed by atoms with Gasteiger partial charge in [-0.25, -0.2) is 8.42 Å². The van der Waals surface area contributed by atoms with Gasteiger partial charge in [-0.05, 0) is 49.9 Å². The molecule has 0 radical (unpaired) electrons. The zero-order valence-electron chi connectivity index (χ0n) is 12.6. The Morgan fingerprint density at radius 2 is 2.05 bits per heavy atom. The number of sulfonamides is 1. The van der Waals surface area contributed by atoms with E-state index in [4.69, 9.17) is 4.42 Å². The average Bonchev–Trinajstić information content (AvgIpc) is 2.81. The Bertz CT molecular complexity index is 577. The predicted octanol–water partition coefficient (Wildman–Crippen LogP) is 1.48. The molecule has 2 heterocycles. The van der Waals surface area contributed by atoms with Crippen molar-refractivity contribution >= 4 is 26.0 Å². The number of furan rings is 1. The first-order chi connectivity index (χ1) is 9.86. The van der Waals surface area contributed by atoms with Crippen LogP contribution < -0.4 is 5.32 Å². The van der Waals surface area contributed by atoms with E-state index in [1.54, 1.807) is 17.4 Å². The second kappa shape index (κ2) is 6.78. The quantitative estimate of drug-likeness (QED) is 0.838. The van der Waals surface area contributed by atoms with Crippen molar-refractivity contribution < 1.29 is 12.8 Å². The van der Waals surface area contributed by atoms with Gasteiger partial charge in [0.25, 0.3) is 0 Å². The van der Waals surface area contributed by atoms with Gasteiger partial charge in [0.1, 0.15) is 10.7 Å². The zero-order chi connectivity index (χ0) is 15.6. The Kier molecular flexibility index (Phi) is 5.48. The van der Waals surface area contributed by atoms with E-state index in [2.05, 4.69) is 26.1 Å². The van der Waals surface area contributed by atoms with Crippen molar-refractivity contribution in [3.05, 3.63) is 16.5 Å². The molecule has 1 aromatic heterocycles. The van der Waals surface area contributed by atoms with Crippen LogP contribution in [0.1, 0.15) is 18.6 Å². The van der Waals surface area contributed by atoms with Crippen LogP contribution in [-0.4, -0.2) is 57.9 Å². The molecule has 0 amide bonds. The van der Waals surface area contributed by atoms with Gasteiger partial charge in [0, 0.05) is 25.2 Å². The molecule has 1 aliphatic rings. The van der Waals surface area contributed by atoms with Crippen molar-refractivity contribution in [2.24, 2.45) is 0 Å². The van der Waals surface area contributed by atoms with Crippen LogP contribution in [0.25, 0.3) is 0 Å². The monoisotopic (exact) mass is 379 g/mol. The Labute approximate surface area is 134 Å². The van der Waals surface area contributed by atoms with Gasteiger partial charge in [-0.3, -0.25) is 0 Å². The largest absolute Gasteiger partial charge is 0.452 e. The molecule has 0 aromatic carbocycles. The first-order valence-electron chi connectivity index (χ1n) is 6.95. The maximum Gasteiger partial charge on any atom is 0.247 e. The van der Waals surface area contributed by atoms with E-state index >= 15 is 0 Å². The van der Waals surface area contributed by atoms with Gasteiger partial charge in [0.2, 0.25) is 10.0 Å². The molecule has 1 aliphatic heterocycles. The molecular formula is C13H22BrN3O3S. The van der Waals surface area contributed by atoms with E-state index in [9.17, 15) is 8.42 Å². The number of nitrogens with zero attached hydrogens (tertiary/aromatic N) is 2. The topological polar surface area (TPSA) is 65.8 Å². The minimum atomic E-state index is -3.49. The van der Waals surface area contributed by atoms with Gasteiger partial charge in [0.05, 0.1) is 6.54 Å². The molecule has 6 nitrogen and oxygen atoms in total. The van der Waals surface area contributed by atoms with Crippen molar-refractivity contribution in [2.45, 2.75) is 30.3 Å². The number of piperidine rings is 1. The summed E-state index contributed by atoms with van der Waals surface area (Å²) >= 11 is 3.22. The normalized spacial score (nSPS) is 18.5. The van der Waals surface area contributed by atoms with E-state index in [1.165, 1.54) is 0 Å². The molecule has 1 aromatic rings. The smallest absolute Gasteiger partial charge is 0.247 e. The molecule has 1 fully saturated rings. The lowest BCUT2D eigenvalue weighted by Gasteiger charge is -2.34. The Hall–Kier alpha value is -0.410. The maximum absolute atomic E-state index is 12.7. The highest BCUT2D eigenvalue weighted by atomic mass is 79.9. The summed E-state index contributed by atoms with van der Waals surface area (Å²) in [4.78, 5) is 2.37. The van der Waals surface area contributed by atoms with Crippen LogP contribution in [0, 0.1) is 0 Å². The fourth-order valence-corrected chi connectivity index (χ4v) is 5.00. The van der Waals surface area contributed by atoms with Gasteiger partial charge in [0.15, 0.2) is 4.67 Å². The van der Waals surface area contributed by atoms with E-state index in [0.717, 1.165) is 12.8 Å². The van der Waals surface area contributed by atoms with Crippen molar-refractivity contribution in [1.29, 1.82) is 0 Å². The van der Waals surface area contributed by atoms with Crippen molar-refractivity contribution in [1.82, 2.24) is 14.5 Å². The number of nitrogens with one attached hydrogen (secondary N) is 1. The number of hydrogen-bond acceptors (Lipinski definition) is 5. The molecule has 0 aliphatic carbocycles. The Morgan fingerprint density at radius 1 is 1.43 bits per heavy atom. The Morgan fingerprint density at radius 3 is 2.57 bits per heavy atom. The van der Waals surface area contributed by atoms with Gasteiger partial charge >= 0.3 is 0 Å². The first-order valence-corrected chi connectivity index (χ1v) is 9.19. The third-order valence-corrected chi connectivity index (χ3v) is 6.58. The summed E-state index contributed by atoms with van der Waals surface area (Å²) in [7, 11) is 2.36. The van der Waals surface area contributed by atoms with Crippen LogP contribution in [0.3, 0.4) is 0 Å². The Balaban J connectivity index is 2.15. The molecule has 0 atom stereocenters. The fraction of sp³-hybridized carbons (Fsp3) is 0.692. The minimum Gasteiger partial charge on any atom is -0.452 e. The number of rotatable bonds is 5. The number of halogens is 1. The SMILES string of the molecule is CNCc1cc(S(=O)(=O)N2CCC(N(C)C)CC2)c(Br)o1. The van der Waals surface area contributed by atoms with Crippen molar-refractivity contribution in [2.75, 3.05) is 34.2 Å². The molecule has 21 heavy (non-hydrogen) atoms. The molecule has 1 N–H and O–H groups in total. The third kappa shape index (κ3) is 3.68. The first kappa shape index (κ1) is 17.0. The van der Waals surface area contributed by atoms with Crippen LogP contribution in [0.4, 0.5) is 0 Å². The summed E-state index contributed by atoms with van der Waals surface area (Å²) < 4.78 is 32.7. The van der Waals surface area contributed by atoms with Crippen LogP contribution in [0.15, 0.2) is 20.0 Å². The zero-order valence-corrected chi connectivity index (χ0v) is 15.0. The lowest BCUT2D eigenvalue weighted by molar-refractivity contribution is 0.196. The molecule has 1 saturated heterocycles. The van der Waals surface area contributed by atoms with Gasteiger partial charge in [-0.15, -0.1) is 0 Å². The molecule has 0 saturated carbocycles. The van der Waals surface area contributed by atoms with Gasteiger partial charge in [-0.2, -0.15) is 4.31 Å². The summed E-state index contributed by atoms with van der Waals surface area (Å²) in [6, 6.07) is 2.04. The lowest BCUT2D eigenvalue weighted by Crippen LogP contribution is -2.44. The average molecular weight is 380 g/mol. The molecule has 0 unspecified atom stereocenters. The van der Waals surface area contributed by atoms with Crippen LogP contribution in [0.5, 0.6) is 0 Å². The van der Waals surface area contributed by atoms with E-state index in [0.29, 0.717) is 31.4 Å². The second-order valence-corrected chi connectivity index (χ2v) is 8.11. The van der Waals surface area contributed by atoms with E-state index in [1.807, 2.05) is 14.1 Å². The molecule has 0 bridgehead atoms. The summed E-state index contributed by atoms with van der Waals surface area (Å²) in [6.45, 7) is 1.59. The molecular weight excluding hydrogens is 358 g/mol. The minimum absolute atomic E-state index is 0.219. The highest BCUT2D eigenvalue weighted by Crippen LogP contribution is 2.30. The fourth-order valence-electron chi connectivity index (χ4n) is 2.57. The van der Waals surface area contributed by atoms with Crippen LogP contribution in [-0.2, 0) is 16.6 Å². The van der Waals surface area contributed by atoms with Crippen molar-refractivity contribution in [3.63, 3.8) is 0 Å². The van der Waals surface area contributed by atoms with Crippen LogP contribution in [0.2, 0.25) is 0 Å². The van der Waals surface area contributed by atoms with Gasteiger partial charge < -0.3 is 14.6 Å². The maximum atomic E-state index is 12.7. The molecule has 120 valence electrons. The summed E-state index contributed by atoms with van der Waals surface area (Å²) in [5.41, 5.74) is 0. The standard InChI is InChI=1S/C13H22BrN3O3S/c1-15-9-11-8-12(13(14)20-11)21(18,19)17-6-4-10(5-7-17)16(2)3/h8,10,15H,4-7,9H2,1-3H3.